The zero-order valence-electron chi connectivity index (χ0n) is 19.8. The van der Waals surface area contributed by atoms with Crippen molar-refractivity contribution in [3.8, 4) is 11.8 Å². The Labute approximate surface area is 189 Å². The van der Waals surface area contributed by atoms with Crippen LogP contribution < -0.4 is 4.74 Å². The zero-order chi connectivity index (χ0) is 22.0. The third kappa shape index (κ3) is 11.2. The molecule has 172 valence electrons. The van der Waals surface area contributed by atoms with Gasteiger partial charge in [-0.1, -0.05) is 103 Å². The van der Waals surface area contributed by atoms with Crippen LogP contribution in [0.25, 0.3) is 11.0 Å². The standard InChI is InChI=1S/C27H43N3O/c1-2-3-4-5-6-7-8-9-10-11-12-13-14-15-16-17-22-31-24-18-19-25-26(23-24)30-27(29-25)20-21-28/h18-19,23H,2-17,20,22H2,1H3,(H,29,30). The van der Waals surface area contributed by atoms with E-state index >= 15 is 0 Å². The van der Waals surface area contributed by atoms with E-state index in [1.807, 2.05) is 18.2 Å². The molecular weight excluding hydrogens is 382 g/mol. The Kier molecular flexibility index (Phi) is 13.6. The molecule has 0 unspecified atom stereocenters. The van der Waals surface area contributed by atoms with Crippen molar-refractivity contribution in [2.24, 2.45) is 0 Å². The van der Waals surface area contributed by atoms with Gasteiger partial charge in [-0.05, 0) is 18.6 Å². The number of benzene rings is 1. The molecule has 0 radical (unpaired) electrons. The highest BCUT2D eigenvalue weighted by atomic mass is 16.5. The van der Waals surface area contributed by atoms with Gasteiger partial charge < -0.3 is 9.72 Å². The van der Waals surface area contributed by atoms with Crippen LogP contribution in [0.2, 0.25) is 0 Å². The first kappa shape index (κ1) is 25.2. The third-order valence-electron chi connectivity index (χ3n) is 6.02. The molecule has 4 nitrogen and oxygen atoms in total. The van der Waals surface area contributed by atoms with Gasteiger partial charge in [-0.15, -0.1) is 0 Å². The second-order valence-corrected chi connectivity index (χ2v) is 8.85. The Hall–Kier alpha value is -2.02. The van der Waals surface area contributed by atoms with Crippen LogP contribution in [0.15, 0.2) is 18.2 Å². The van der Waals surface area contributed by atoms with Gasteiger partial charge >= 0.3 is 0 Å². The fraction of sp³-hybridized carbons (Fsp3) is 0.704. The van der Waals surface area contributed by atoms with E-state index in [4.69, 9.17) is 10.00 Å². The summed E-state index contributed by atoms with van der Waals surface area (Å²) in [4.78, 5) is 7.57. The van der Waals surface area contributed by atoms with Crippen LogP contribution in [0.5, 0.6) is 5.75 Å². The molecule has 2 rings (SSSR count). The lowest BCUT2D eigenvalue weighted by Gasteiger charge is -2.06. The van der Waals surface area contributed by atoms with Gasteiger partial charge in [0.15, 0.2) is 0 Å². The first-order valence-corrected chi connectivity index (χ1v) is 12.8. The van der Waals surface area contributed by atoms with Gasteiger partial charge in [0.2, 0.25) is 0 Å². The molecule has 0 atom stereocenters. The van der Waals surface area contributed by atoms with Gasteiger partial charge in [0.25, 0.3) is 0 Å². The number of nitriles is 1. The SMILES string of the molecule is CCCCCCCCCCCCCCCCCCOc1ccc2nc(CC#N)[nH]c2c1. The number of nitrogens with zero attached hydrogens (tertiary/aromatic N) is 2. The highest BCUT2D eigenvalue weighted by Crippen LogP contribution is 2.20. The molecule has 1 aromatic heterocycles. The van der Waals surface area contributed by atoms with Crippen LogP contribution >= 0.6 is 0 Å². The van der Waals surface area contributed by atoms with Crippen molar-refractivity contribution < 1.29 is 4.74 Å². The quantitative estimate of drug-likeness (QED) is 0.230. The molecule has 0 aliphatic heterocycles. The summed E-state index contributed by atoms with van der Waals surface area (Å²) in [6.45, 7) is 3.05. The van der Waals surface area contributed by atoms with Gasteiger partial charge in [-0.25, -0.2) is 4.98 Å². The van der Waals surface area contributed by atoms with E-state index < -0.39 is 0 Å². The van der Waals surface area contributed by atoms with Crippen LogP contribution in [0.3, 0.4) is 0 Å². The molecule has 0 aliphatic carbocycles. The summed E-state index contributed by atoms with van der Waals surface area (Å²) >= 11 is 0. The number of imidazole rings is 1. The Morgan fingerprint density at radius 3 is 1.90 bits per heavy atom. The summed E-state index contributed by atoms with van der Waals surface area (Å²) in [5.41, 5.74) is 1.83. The van der Waals surface area contributed by atoms with Crippen molar-refractivity contribution >= 4 is 11.0 Å². The van der Waals surface area contributed by atoms with Gasteiger partial charge in [-0.3, -0.25) is 0 Å². The number of rotatable bonds is 19. The maximum Gasteiger partial charge on any atom is 0.121 e. The van der Waals surface area contributed by atoms with Crippen LogP contribution in [0.1, 0.15) is 115 Å². The predicted octanol–water partition coefficient (Wildman–Crippen LogP) is 8.27. The van der Waals surface area contributed by atoms with Crippen LogP contribution in [-0.4, -0.2) is 16.6 Å². The molecule has 31 heavy (non-hydrogen) atoms. The van der Waals surface area contributed by atoms with Gasteiger partial charge in [0, 0.05) is 6.07 Å². The number of hydrogen-bond donors (Lipinski definition) is 1. The smallest absolute Gasteiger partial charge is 0.121 e. The summed E-state index contributed by atoms with van der Waals surface area (Å²) in [5.74, 6) is 1.59. The van der Waals surface area contributed by atoms with E-state index in [1.165, 1.54) is 96.3 Å². The average molecular weight is 426 g/mol. The highest BCUT2D eigenvalue weighted by Gasteiger charge is 2.04. The first-order valence-electron chi connectivity index (χ1n) is 12.8. The normalized spacial score (nSPS) is 11.1. The number of ether oxygens (including phenoxy) is 1. The highest BCUT2D eigenvalue weighted by molar-refractivity contribution is 5.76. The number of hydrogen-bond acceptors (Lipinski definition) is 3. The molecule has 0 fully saturated rings. The maximum absolute atomic E-state index is 8.78. The summed E-state index contributed by atoms with van der Waals surface area (Å²) in [5, 5.41) is 8.78. The van der Waals surface area contributed by atoms with E-state index in [0.29, 0.717) is 12.2 Å². The Morgan fingerprint density at radius 2 is 1.35 bits per heavy atom. The second kappa shape index (κ2) is 16.6. The monoisotopic (exact) mass is 425 g/mol. The van der Waals surface area contributed by atoms with Crippen molar-refractivity contribution in [1.82, 2.24) is 9.97 Å². The fourth-order valence-corrected chi connectivity index (χ4v) is 4.13. The minimum absolute atomic E-state index is 0.310. The molecule has 0 saturated heterocycles. The topological polar surface area (TPSA) is 61.7 Å². The van der Waals surface area contributed by atoms with Crippen LogP contribution in [-0.2, 0) is 6.42 Å². The molecule has 2 aromatic rings. The van der Waals surface area contributed by atoms with Crippen molar-refractivity contribution in [3.05, 3.63) is 24.0 Å². The number of H-pyrrole nitrogens is 1. The number of aromatic amines is 1. The van der Waals surface area contributed by atoms with Crippen molar-refractivity contribution in [3.63, 3.8) is 0 Å². The Bertz CT molecular complexity index is 747. The fourth-order valence-electron chi connectivity index (χ4n) is 4.13. The molecule has 1 N–H and O–H groups in total. The van der Waals surface area contributed by atoms with Crippen molar-refractivity contribution in [2.75, 3.05) is 6.61 Å². The zero-order valence-corrected chi connectivity index (χ0v) is 19.8. The first-order chi connectivity index (χ1) is 15.3. The Balaban J connectivity index is 1.37. The molecule has 0 bridgehead atoms. The van der Waals surface area contributed by atoms with Crippen molar-refractivity contribution in [1.29, 1.82) is 5.26 Å². The summed E-state index contributed by atoms with van der Waals surface area (Å²) in [6.07, 6.45) is 22.4. The lowest BCUT2D eigenvalue weighted by molar-refractivity contribution is 0.304. The molecule has 4 heteroatoms. The summed E-state index contributed by atoms with van der Waals surface area (Å²) in [7, 11) is 0. The van der Waals surface area contributed by atoms with Crippen LogP contribution in [0, 0.1) is 11.3 Å². The van der Waals surface area contributed by atoms with Gasteiger partial charge in [0.1, 0.15) is 11.6 Å². The van der Waals surface area contributed by atoms with E-state index in [-0.39, 0.29) is 0 Å². The molecule has 0 amide bonds. The molecule has 1 aromatic carbocycles. The average Bonchev–Trinajstić information content (AvgIpc) is 3.18. The Morgan fingerprint density at radius 1 is 0.806 bits per heavy atom. The van der Waals surface area contributed by atoms with E-state index in [2.05, 4.69) is 23.0 Å². The second-order valence-electron chi connectivity index (χ2n) is 8.85. The lowest BCUT2D eigenvalue weighted by Crippen LogP contribution is -1.97. The molecule has 0 aliphatic rings. The summed E-state index contributed by atoms with van der Waals surface area (Å²) < 4.78 is 5.89. The van der Waals surface area contributed by atoms with E-state index in [0.717, 1.165) is 29.8 Å². The molecule has 0 saturated carbocycles. The number of unbranched alkanes of at least 4 members (excludes halogenated alkanes) is 15. The van der Waals surface area contributed by atoms with Gasteiger partial charge in [0.05, 0.1) is 30.1 Å². The van der Waals surface area contributed by atoms with Gasteiger partial charge in [-0.2, -0.15) is 5.26 Å². The number of fused-ring (bicyclic) bond motifs is 1. The number of nitrogens with one attached hydrogen (secondary N) is 1. The van der Waals surface area contributed by atoms with Crippen LogP contribution in [0.4, 0.5) is 0 Å². The lowest BCUT2D eigenvalue weighted by atomic mass is 10.0. The van der Waals surface area contributed by atoms with E-state index in [9.17, 15) is 0 Å². The minimum atomic E-state index is 0.310. The molecular formula is C27H43N3O. The van der Waals surface area contributed by atoms with Crippen molar-refractivity contribution in [2.45, 2.75) is 116 Å². The van der Waals surface area contributed by atoms with E-state index in [1.54, 1.807) is 0 Å². The third-order valence-corrected chi connectivity index (χ3v) is 6.02. The maximum atomic E-state index is 8.78. The molecule has 1 heterocycles. The number of aromatic nitrogens is 2. The summed E-state index contributed by atoms with van der Waals surface area (Å²) in [6, 6.07) is 8.02. The minimum Gasteiger partial charge on any atom is -0.494 e. The largest absolute Gasteiger partial charge is 0.494 e. The predicted molar refractivity (Wildman–Crippen MR) is 130 cm³/mol. The molecule has 0 spiro atoms.